The van der Waals surface area contributed by atoms with E-state index in [-0.39, 0.29) is 39.5 Å². The minimum atomic E-state index is -4.81. The summed E-state index contributed by atoms with van der Waals surface area (Å²) in [5.41, 5.74) is 6.45. The molecule has 2 atom stereocenters. The van der Waals surface area contributed by atoms with E-state index in [4.69, 9.17) is 26.8 Å². The number of nitrogens with two attached hydrogens (primary N) is 1. The molecule has 4 N–H and O–H groups in total. The molecule has 0 radical (unpaired) electrons. The van der Waals surface area contributed by atoms with Crippen LogP contribution in [-0.4, -0.2) is 59.0 Å². The van der Waals surface area contributed by atoms with Crippen molar-refractivity contribution in [2.75, 3.05) is 30.3 Å². The monoisotopic (exact) mass is 645 g/mol. The van der Waals surface area contributed by atoms with Crippen LogP contribution in [0.2, 0.25) is 5.02 Å². The number of halogens is 4. The summed E-state index contributed by atoms with van der Waals surface area (Å²) in [6, 6.07) is 12.0. The van der Waals surface area contributed by atoms with Gasteiger partial charge in [-0.25, -0.2) is 0 Å². The van der Waals surface area contributed by atoms with Gasteiger partial charge in [0.2, 0.25) is 17.9 Å². The van der Waals surface area contributed by atoms with Crippen LogP contribution in [0.4, 0.5) is 24.9 Å². The van der Waals surface area contributed by atoms with Gasteiger partial charge in [-0.3, -0.25) is 4.79 Å². The second-order valence-corrected chi connectivity index (χ2v) is 12.6. The molecule has 1 aliphatic carbocycles. The Labute approximate surface area is 263 Å². The van der Waals surface area contributed by atoms with Gasteiger partial charge < -0.3 is 30.5 Å². The molecule has 9 nitrogen and oxygen atoms in total. The van der Waals surface area contributed by atoms with Crippen molar-refractivity contribution in [3.63, 3.8) is 0 Å². The molecule has 13 heteroatoms. The highest BCUT2D eigenvalue weighted by Crippen LogP contribution is 2.44. The minimum Gasteiger partial charge on any atom is -0.490 e. The van der Waals surface area contributed by atoms with Crippen LogP contribution >= 0.6 is 11.6 Å². The zero-order valence-corrected chi connectivity index (χ0v) is 25.3. The third kappa shape index (κ3) is 7.06. The second-order valence-electron chi connectivity index (χ2n) is 12.2. The molecule has 45 heavy (non-hydrogen) atoms. The molecule has 3 aromatic rings. The van der Waals surface area contributed by atoms with E-state index in [9.17, 15) is 23.1 Å². The van der Waals surface area contributed by atoms with E-state index in [2.05, 4.69) is 15.3 Å². The molecular weight excluding hydrogens is 611 g/mol. The molecule has 3 aliphatic rings. The lowest BCUT2D eigenvalue weighted by atomic mass is 9.76. The zero-order valence-electron chi connectivity index (χ0n) is 24.5. The van der Waals surface area contributed by atoms with E-state index in [0.29, 0.717) is 56.0 Å². The van der Waals surface area contributed by atoms with Gasteiger partial charge in [-0.2, -0.15) is 23.1 Å². The molecule has 0 unspecified atom stereocenters. The van der Waals surface area contributed by atoms with Gasteiger partial charge in [0.15, 0.2) is 0 Å². The SMILES string of the molecule is Nc1nc(O[C@H](c2ccc(Cl)cc2-c2cccc(OC3CCCC3)c2)C(F)(F)F)cc(N2CCC3(CC2)CN[C@H](C(=O)O)C3)n1. The number of rotatable bonds is 8. The maximum Gasteiger partial charge on any atom is 0.429 e. The molecule has 2 aliphatic heterocycles. The van der Waals surface area contributed by atoms with Gasteiger partial charge in [-0.05, 0) is 85.8 Å². The molecule has 2 aromatic carbocycles. The fourth-order valence-electron chi connectivity index (χ4n) is 6.71. The first kappa shape index (κ1) is 31.2. The quantitative estimate of drug-likeness (QED) is 0.255. The summed E-state index contributed by atoms with van der Waals surface area (Å²) in [4.78, 5) is 21.6. The Morgan fingerprint density at radius 1 is 1.11 bits per heavy atom. The van der Waals surface area contributed by atoms with E-state index >= 15 is 0 Å². The number of nitrogen functional groups attached to an aromatic ring is 1. The number of hydrogen-bond donors (Lipinski definition) is 3. The lowest BCUT2D eigenvalue weighted by Crippen LogP contribution is -2.41. The van der Waals surface area contributed by atoms with Crippen LogP contribution in [0.1, 0.15) is 56.6 Å². The Bertz CT molecular complexity index is 1540. The summed E-state index contributed by atoms with van der Waals surface area (Å²) < 4.78 is 55.9. The molecule has 3 fully saturated rings. The Morgan fingerprint density at radius 3 is 2.56 bits per heavy atom. The topological polar surface area (TPSA) is 123 Å². The Balaban J connectivity index is 1.25. The molecule has 0 bridgehead atoms. The fraction of sp³-hybridized carbons (Fsp3) is 0.469. The predicted octanol–water partition coefficient (Wildman–Crippen LogP) is 6.42. The minimum absolute atomic E-state index is 0.0877. The highest BCUT2D eigenvalue weighted by Gasteiger charge is 2.46. The van der Waals surface area contributed by atoms with Crippen LogP contribution in [0, 0.1) is 5.41 Å². The summed E-state index contributed by atoms with van der Waals surface area (Å²) in [5.74, 6) is -0.466. The number of aliphatic carboxylic acids is 1. The zero-order chi connectivity index (χ0) is 31.8. The van der Waals surface area contributed by atoms with Crippen molar-refractivity contribution in [1.82, 2.24) is 15.3 Å². The number of hydrogen-bond acceptors (Lipinski definition) is 8. The lowest BCUT2D eigenvalue weighted by Gasteiger charge is -2.39. The standard InChI is InChI=1S/C32H35ClF3N5O4/c33-20-8-9-23(24(15-20)19-4-3-7-22(14-19)44-21-5-1-2-6-21)28(32(34,35)36)45-27-16-26(39-30(37)40-27)41-12-10-31(11-13-41)17-25(29(42)43)38-18-31/h3-4,7-9,14-16,21,25,28,38H,1-2,5-6,10-13,17-18H2,(H,42,43)(H2,37,39,40)/t25-,28+/m0/s1. The number of alkyl halides is 3. The van der Waals surface area contributed by atoms with Gasteiger partial charge in [-0.1, -0.05) is 29.8 Å². The lowest BCUT2D eigenvalue weighted by molar-refractivity contribution is -0.198. The van der Waals surface area contributed by atoms with E-state index in [1.807, 2.05) is 4.90 Å². The van der Waals surface area contributed by atoms with Crippen LogP contribution in [0.5, 0.6) is 11.6 Å². The van der Waals surface area contributed by atoms with Gasteiger partial charge in [-0.15, -0.1) is 0 Å². The van der Waals surface area contributed by atoms with E-state index in [0.717, 1.165) is 25.7 Å². The molecular formula is C32H35ClF3N5O4. The van der Waals surface area contributed by atoms with Crippen LogP contribution in [0.3, 0.4) is 0 Å². The average Bonchev–Trinajstić information content (AvgIpc) is 3.66. The fourth-order valence-corrected chi connectivity index (χ4v) is 6.88. The second kappa shape index (κ2) is 12.6. The molecule has 0 amide bonds. The molecule has 2 saturated heterocycles. The molecule has 1 aromatic heterocycles. The number of aromatic nitrogens is 2. The van der Waals surface area contributed by atoms with Crippen molar-refractivity contribution in [2.45, 2.75) is 69.4 Å². The first-order valence-electron chi connectivity index (χ1n) is 15.1. The van der Waals surface area contributed by atoms with Gasteiger partial charge in [0.1, 0.15) is 17.6 Å². The molecule has 6 rings (SSSR count). The number of carbonyl (C=O) groups is 1. The number of nitrogens with one attached hydrogen (secondary N) is 1. The number of piperidine rings is 1. The highest BCUT2D eigenvalue weighted by atomic mass is 35.5. The van der Waals surface area contributed by atoms with Gasteiger partial charge in [0, 0.05) is 36.3 Å². The van der Waals surface area contributed by atoms with Crippen molar-refractivity contribution < 1.29 is 32.5 Å². The predicted molar refractivity (Wildman–Crippen MR) is 164 cm³/mol. The van der Waals surface area contributed by atoms with Crippen molar-refractivity contribution in [1.29, 1.82) is 0 Å². The largest absolute Gasteiger partial charge is 0.490 e. The molecule has 1 spiro atoms. The number of carboxylic acid groups (broad SMARTS) is 1. The maximum absolute atomic E-state index is 14.7. The van der Waals surface area contributed by atoms with Crippen molar-refractivity contribution in [3.05, 3.63) is 59.1 Å². The first-order chi connectivity index (χ1) is 21.5. The Morgan fingerprint density at radius 2 is 1.87 bits per heavy atom. The number of benzene rings is 2. The van der Waals surface area contributed by atoms with Crippen molar-refractivity contribution >= 4 is 29.3 Å². The van der Waals surface area contributed by atoms with Crippen molar-refractivity contribution in [2.24, 2.45) is 5.41 Å². The number of anilines is 2. The third-order valence-corrected chi connectivity index (χ3v) is 9.33. The summed E-state index contributed by atoms with van der Waals surface area (Å²) in [5, 5.41) is 12.7. The van der Waals surface area contributed by atoms with Crippen LogP contribution < -0.4 is 25.4 Å². The highest BCUT2D eigenvalue weighted by molar-refractivity contribution is 6.30. The van der Waals surface area contributed by atoms with E-state index in [1.54, 1.807) is 24.3 Å². The normalized spacial score (nSPS) is 20.8. The van der Waals surface area contributed by atoms with Crippen molar-refractivity contribution in [3.8, 4) is 22.8 Å². The smallest absolute Gasteiger partial charge is 0.429 e. The van der Waals surface area contributed by atoms with E-state index < -0.39 is 24.3 Å². The van der Waals surface area contributed by atoms with Gasteiger partial charge in [0.05, 0.1) is 6.10 Å². The van der Waals surface area contributed by atoms with Crippen LogP contribution in [-0.2, 0) is 4.79 Å². The van der Waals surface area contributed by atoms with Gasteiger partial charge >= 0.3 is 12.1 Å². The first-order valence-corrected chi connectivity index (χ1v) is 15.5. The number of ether oxygens (including phenoxy) is 2. The van der Waals surface area contributed by atoms with Crippen LogP contribution in [0.25, 0.3) is 11.1 Å². The summed E-state index contributed by atoms with van der Waals surface area (Å²) >= 11 is 6.29. The molecule has 3 heterocycles. The Hall–Kier alpha value is -3.77. The Kier molecular flexibility index (Phi) is 8.71. The average molecular weight is 646 g/mol. The maximum atomic E-state index is 14.7. The summed E-state index contributed by atoms with van der Waals surface area (Å²) in [6.45, 7) is 1.67. The number of carboxylic acids is 1. The molecule has 1 saturated carbocycles. The summed E-state index contributed by atoms with van der Waals surface area (Å²) in [6.07, 6.45) is -1.10. The summed E-state index contributed by atoms with van der Waals surface area (Å²) in [7, 11) is 0. The van der Waals surface area contributed by atoms with E-state index in [1.165, 1.54) is 24.3 Å². The van der Waals surface area contributed by atoms with Gasteiger partial charge in [0.25, 0.3) is 0 Å². The number of nitrogens with zero attached hydrogens (tertiary/aromatic N) is 3. The third-order valence-electron chi connectivity index (χ3n) is 9.10. The van der Waals surface area contributed by atoms with Crippen LogP contribution in [0.15, 0.2) is 48.5 Å². The molecule has 240 valence electrons.